The van der Waals surface area contributed by atoms with Gasteiger partial charge in [0.25, 0.3) is 5.91 Å². The topological polar surface area (TPSA) is 77.0 Å². The van der Waals surface area contributed by atoms with Crippen molar-refractivity contribution in [1.82, 2.24) is 19.7 Å². The van der Waals surface area contributed by atoms with Crippen LogP contribution in [0, 0.1) is 6.92 Å². The number of benzene rings is 1. The number of amides is 1. The van der Waals surface area contributed by atoms with Crippen LogP contribution >= 0.6 is 24.8 Å². The molecule has 156 valence electrons. The summed E-state index contributed by atoms with van der Waals surface area (Å²) in [5.41, 5.74) is 9.72. The summed E-state index contributed by atoms with van der Waals surface area (Å²) >= 11 is 0. The number of aromatic nitrogens is 3. The molecule has 2 atom stereocenters. The van der Waals surface area contributed by atoms with Crippen LogP contribution in [-0.4, -0.2) is 44.7 Å². The van der Waals surface area contributed by atoms with Crippen molar-refractivity contribution >= 4 is 41.8 Å². The number of pyridine rings is 1. The molecule has 1 aromatic carbocycles. The molecule has 29 heavy (non-hydrogen) atoms. The van der Waals surface area contributed by atoms with Crippen molar-refractivity contribution in [2.45, 2.75) is 38.8 Å². The molecule has 0 radical (unpaired) electrons. The van der Waals surface area contributed by atoms with Crippen molar-refractivity contribution in [3.05, 3.63) is 59.4 Å². The fraction of sp³-hybridized carbons (Fsp3) is 0.381. The van der Waals surface area contributed by atoms with Gasteiger partial charge in [-0.05, 0) is 32.4 Å². The van der Waals surface area contributed by atoms with E-state index in [-0.39, 0.29) is 48.7 Å². The lowest BCUT2D eigenvalue weighted by molar-refractivity contribution is 0.0788. The van der Waals surface area contributed by atoms with Gasteiger partial charge in [0.15, 0.2) is 5.65 Å². The van der Waals surface area contributed by atoms with E-state index in [0.717, 1.165) is 16.7 Å². The number of halogens is 2. The van der Waals surface area contributed by atoms with Gasteiger partial charge in [0, 0.05) is 36.5 Å². The lowest BCUT2D eigenvalue weighted by atomic mass is 9.95. The van der Waals surface area contributed by atoms with Crippen LogP contribution in [0.3, 0.4) is 0 Å². The van der Waals surface area contributed by atoms with Crippen LogP contribution in [0.4, 0.5) is 0 Å². The third kappa shape index (κ3) is 4.25. The maximum absolute atomic E-state index is 13.2. The summed E-state index contributed by atoms with van der Waals surface area (Å²) in [6, 6.07) is 12.3. The molecule has 0 saturated carbocycles. The van der Waals surface area contributed by atoms with Gasteiger partial charge < -0.3 is 10.6 Å². The van der Waals surface area contributed by atoms with Gasteiger partial charge in [0.05, 0.1) is 17.5 Å². The highest BCUT2D eigenvalue weighted by Crippen LogP contribution is 2.28. The molecule has 3 heterocycles. The quantitative estimate of drug-likeness (QED) is 0.679. The highest BCUT2D eigenvalue weighted by Gasteiger charge is 2.34. The molecule has 0 aliphatic carbocycles. The van der Waals surface area contributed by atoms with Crippen molar-refractivity contribution in [1.29, 1.82) is 0 Å². The maximum Gasteiger partial charge on any atom is 0.255 e. The van der Waals surface area contributed by atoms with Gasteiger partial charge >= 0.3 is 0 Å². The second-order valence-corrected chi connectivity index (χ2v) is 7.61. The van der Waals surface area contributed by atoms with Crippen LogP contribution in [0.1, 0.15) is 47.4 Å². The standard InChI is InChI=1S/C21H25N5O.2ClH/c1-13(2)26-20-16(10-23-26)9-17(14(3)24-20)21(27)25-11-18(19(22)12-25)15-7-5-4-6-8-15;;/h4-10,13,18-19H,11-12,22H2,1-3H3;2*1H/t18-,19+;;/m0../s1. The molecule has 4 rings (SSSR count). The Morgan fingerprint density at radius 3 is 2.52 bits per heavy atom. The van der Waals surface area contributed by atoms with E-state index in [1.54, 1.807) is 6.20 Å². The van der Waals surface area contributed by atoms with Crippen molar-refractivity contribution in [2.24, 2.45) is 5.73 Å². The Labute approximate surface area is 183 Å². The van der Waals surface area contributed by atoms with Crippen LogP contribution in [0.25, 0.3) is 11.0 Å². The van der Waals surface area contributed by atoms with Crippen LogP contribution in [0.2, 0.25) is 0 Å². The first-order valence-corrected chi connectivity index (χ1v) is 9.40. The highest BCUT2D eigenvalue weighted by molar-refractivity contribution is 5.98. The number of hydrogen-bond acceptors (Lipinski definition) is 4. The van der Waals surface area contributed by atoms with Gasteiger partial charge in [0.2, 0.25) is 0 Å². The Kier molecular flexibility index (Phi) is 7.27. The highest BCUT2D eigenvalue weighted by atomic mass is 35.5. The minimum Gasteiger partial charge on any atom is -0.336 e. The maximum atomic E-state index is 13.2. The summed E-state index contributed by atoms with van der Waals surface area (Å²) < 4.78 is 1.88. The number of nitrogens with zero attached hydrogens (tertiary/aromatic N) is 4. The molecule has 0 unspecified atom stereocenters. The fourth-order valence-electron chi connectivity index (χ4n) is 3.88. The Balaban J connectivity index is 0.00000150. The first kappa shape index (κ1) is 23.1. The van der Waals surface area contributed by atoms with E-state index in [1.165, 1.54) is 5.56 Å². The third-order valence-electron chi connectivity index (χ3n) is 5.36. The smallest absolute Gasteiger partial charge is 0.255 e. The van der Waals surface area contributed by atoms with Crippen molar-refractivity contribution in [2.75, 3.05) is 13.1 Å². The molecule has 1 aliphatic rings. The number of nitrogens with two attached hydrogens (primary N) is 1. The molecular formula is C21H27Cl2N5O. The minimum absolute atomic E-state index is 0. The number of rotatable bonds is 3. The van der Waals surface area contributed by atoms with Crippen LogP contribution < -0.4 is 5.73 Å². The van der Waals surface area contributed by atoms with Crippen molar-refractivity contribution < 1.29 is 4.79 Å². The Hall–Kier alpha value is -2.15. The van der Waals surface area contributed by atoms with Gasteiger partial charge in [-0.1, -0.05) is 30.3 Å². The van der Waals surface area contributed by atoms with Crippen molar-refractivity contribution in [3.8, 4) is 0 Å². The molecule has 2 aromatic heterocycles. The first-order chi connectivity index (χ1) is 13.0. The molecule has 1 fully saturated rings. The molecule has 0 bridgehead atoms. The predicted molar refractivity (Wildman–Crippen MR) is 120 cm³/mol. The van der Waals surface area contributed by atoms with Gasteiger partial charge in [0.1, 0.15) is 0 Å². The fourth-order valence-corrected chi connectivity index (χ4v) is 3.88. The van der Waals surface area contributed by atoms with E-state index < -0.39 is 0 Å². The van der Waals surface area contributed by atoms with Crippen molar-refractivity contribution in [3.63, 3.8) is 0 Å². The van der Waals surface area contributed by atoms with Gasteiger partial charge in [-0.3, -0.25) is 4.79 Å². The summed E-state index contributed by atoms with van der Waals surface area (Å²) in [6.07, 6.45) is 1.78. The summed E-state index contributed by atoms with van der Waals surface area (Å²) in [7, 11) is 0. The monoisotopic (exact) mass is 435 g/mol. The lowest BCUT2D eigenvalue weighted by Gasteiger charge is -2.18. The molecule has 1 amide bonds. The summed E-state index contributed by atoms with van der Waals surface area (Å²) in [4.78, 5) is 19.7. The van der Waals surface area contributed by atoms with E-state index in [4.69, 9.17) is 5.73 Å². The summed E-state index contributed by atoms with van der Waals surface area (Å²) in [5.74, 6) is 0.156. The molecule has 1 saturated heterocycles. The SMILES string of the molecule is Cc1nc2c(cnn2C(C)C)cc1C(=O)N1C[C@@H](N)[C@H](c2ccccc2)C1.Cl.Cl. The van der Waals surface area contributed by atoms with Gasteiger partial charge in [-0.2, -0.15) is 5.10 Å². The molecule has 0 spiro atoms. The number of carbonyl (C=O) groups excluding carboxylic acids is 1. The molecule has 3 aromatic rings. The van der Waals surface area contributed by atoms with E-state index >= 15 is 0 Å². The second kappa shape index (κ2) is 9.11. The zero-order valence-corrected chi connectivity index (χ0v) is 18.4. The molecule has 2 N–H and O–H groups in total. The largest absolute Gasteiger partial charge is 0.336 e. The lowest BCUT2D eigenvalue weighted by Crippen LogP contribution is -2.32. The normalized spacial score (nSPS) is 18.6. The zero-order chi connectivity index (χ0) is 19.1. The predicted octanol–water partition coefficient (Wildman–Crippen LogP) is 3.73. The molecule has 6 nitrogen and oxygen atoms in total. The average Bonchev–Trinajstić information content (AvgIpc) is 3.24. The Morgan fingerprint density at radius 1 is 1.17 bits per heavy atom. The number of likely N-dealkylation sites (tertiary alicyclic amines) is 1. The second-order valence-electron chi connectivity index (χ2n) is 7.61. The summed E-state index contributed by atoms with van der Waals surface area (Å²) in [5, 5.41) is 5.30. The Bertz CT molecular complexity index is 989. The van der Waals surface area contributed by atoms with Gasteiger partial charge in [-0.15, -0.1) is 24.8 Å². The third-order valence-corrected chi connectivity index (χ3v) is 5.36. The van der Waals surface area contributed by atoms with E-state index in [0.29, 0.717) is 18.7 Å². The first-order valence-electron chi connectivity index (χ1n) is 9.40. The van der Waals surface area contributed by atoms with Crippen LogP contribution in [0.5, 0.6) is 0 Å². The molecule has 1 aliphatic heterocycles. The van der Waals surface area contributed by atoms with E-state index in [9.17, 15) is 4.79 Å². The Morgan fingerprint density at radius 2 is 1.86 bits per heavy atom. The number of hydrogen-bond donors (Lipinski definition) is 1. The zero-order valence-electron chi connectivity index (χ0n) is 16.8. The summed E-state index contributed by atoms with van der Waals surface area (Å²) in [6.45, 7) is 7.21. The van der Waals surface area contributed by atoms with E-state index in [2.05, 4.69) is 36.1 Å². The average molecular weight is 436 g/mol. The number of carbonyl (C=O) groups is 1. The van der Waals surface area contributed by atoms with E-state index in [1.807, 2.05) is 40.8 Å². The molecule has 8 heteroatoms. The number of fused-ring (bicyclic) bond motifs is 1. The van der Waals surface area contributed by atoms with Crippen LogP contribution in [-0.2, 0) is 0 Å². The van der Waals surface area contributed by atoms with Gasteiger partial charge in [-0.25, -0.2) is 9.67 Å². The number of aryl methyl sites for hydroxylation is 1. The molecular weight excluding hydrogens is 409 g/mol. The minimum atomic E-state index is -0.0583. The van der Waals surface area contributed by atoms with Crippen LogP contribution in [0.15, 0.2) is 42.6 Å².